The van der Waals surface area contributed by atoms with Crippen LogP contribution >= 0.6 is 0 Å². The van der Waals surface area contributed by atoms with Gasteiger partial charge in [0.25, 0.3) is 0 Å². The van der Waals surface area contributed by atoms with Gasteiger partial charge in [0.1, 0.15) is 13.2 Å². The van der Waals surface area contributed by atoms with Crippen molar-refractivity contribution in [1.29, 1.82) is 0 Å². The first-order chi connectivity index (χ1) is 34.0. The van der Waals surface area contributed by atoms with E-state index < -0.39 is 6.10 Å². The molecule has 0 N–H and O–H groups in total. The second-order valence-corrected chi connectivity index (χ2v) is 18.8. The van der Waals surface area contributed by atoms with Crippen LogP contribution in [-0.2, 0) is 28.6 Å². The SMILES string of the molecule is CC/C=C\C/C=C\C/C=C\C/C=C\C/C=C\C/C=C\CCC(=O)OCC(COC(=O)CCCCCCC/C=C\CCCCCCC)OC(=O)CCCCCCCCC/C=C\CCCCCCCCC. The molecule has 0 saturated heterocycles. The van der Waals surface area contributed by atoms with E-state index in [1.165, 1.54) is 128 Å². The maximum absolute atomic E-state index is 12.9. The van der Waals surface area contributed by atoms with Crippen LogP contribution in [0.1, 0.15) is 265 Å². The van der Waals surface area contributed by atoms with Crippen LogP contribution in [0, 0.1) is 0 Å². The Balaban J connectivity index is 4.51. The summed E-state index contributed by atoms with van der Waals surface area (Å²) in [5.74, 6) is -1.00. The lowest BCUT2D eigenvalue weighted by Gasteiger charge is -2.18. The number of carbonyl (C=O) groups excluding carboxylic acids is 3. The fourth-order valence-corrected chi connectivity index (χ4v) is 7.75. The van der Waals surface area contributed by atoms with Gasteiger partial charge in [0.2, 0.25) is 0 Å². The van der Waals surface area contributed by atoms with Gasteiger partial charge < -0.3 is 14.2 Å². The Bertz CT molecular complexity index is 1380. The lowest BCUT2D eigenvalue weighted by molar-refractivity contribution is -0.166. The monoisotopic (exact) mass is 959 g/mol. The Hall–Kier alpha value is -3.67. The number of hydrogen-bond acceptors (Lipinski definition) is 6. The molecule has 69 heavy (non-hydrogen) atoms. The molecule has 0 aromatic carbocycles. The van der Waals surface area contributed by atoms with E-state index in [0.717, 1.165) is 89.9 Å². The van der Waals surface area contributed by atoms with Crippen molar-refractivity contribution in [3.63, 3.8) is 0 Å². The number of allylic oxidation sites excluding steroid dienone is 16. The van der Waals surface area contributed by atoms with Gasteiger partial charge in [-0.1, -0.05) is 234 Å². The Morgan fingerprint density at radius 1 is 0.304 bits per heavy atom. The van der Waals surface area contributed by atoms with E-state index >= 15 is 0 Å². The van der Waals surface area contributed by atoms with Crippen LogP contribution in [0.3, 0.4) is 0 Å². The molecule has 0 aliphatic rings. The van der Waals surface area contributed by atoms with Crippen molar-refractivity contribution < 1.29 is 28.6 Å². The summed E-state index contributed by atoms with van der Waals surface area (Å²) in [6, 6.07) is 0. The predicted molar refractivity (Wildman–Crippen MR) is 297 cm³/mol. The summed E-state index contributed by atoms with van der Waals surface area (Å²) in [6.45, 7) is 6.45. The average molecular weight is 960 g/mol. The van der Waals surface area contributed by atoms with Crippen molar-refractivity contribution in [3.8, 4) is 0 Å². The van der Waals surface area contributed by atoms with Gasteiger partial charge in [-0.15, -0.1) is 0 Å². The average Bonchev–Trinajstić information content (AvgIpc) is 3.35. The standard InChI is InChI=1S/C63H106O6/c1-4-7-10-13-16-19-22-25-28-30-32-34-35-38-41-44-47-50-53-56-62(65)68-59-60(58-67-61(64)55-52-49-46-43-40-37-27-24-21-18-15-12-9-6-3)69-63(66)57-54-51-48-45-42-39-36-33-31-29-26-23-20-17-14-11-8-5-2/h7,10,16,19,24-25,27-29,31-32,34,38,41,47,50,60H,4-6,8-9,11-15,17-18,20-23,26,30,33,35-37,39-40,42-46,48-49,51-59H2,1-3H3/b10-7-,19-16-,27-24-,28-25-,31-29-,34-32-,41-38-,50-47-. The predicted octanol–water partition coefficient (Wildman–Crippen LogP) is 19.3. The normalized spacial score (nSPS) is 12.8. The highest BCUT2D eigenvalue weighted by Crippen LogP contribution is 2.14. The highest BCUT2D eigenvalue weighted by atomic mass is 16.6. The van der Waals surface area contributed by atoms with E-state index in [4.69, 9.17) is 14.2 Å². The molecule has 0 aliphatic carbocycles. The third kappa shape index (κ3) is 55.1. The van der Waals surface area contributed by atoms with Gasteiger partial charge >= 0.3 is 17.9 Å². The van der Waals surface area contributed by atoms with E-state index in [2.05, 4.69) is 112 Å². The quantitative estimate of drug-likeness (QED) is 0.0262. The van der Waals surface area contributed by atoms with Crippen LogP contribution in [0.2, 0.25) is 0 Å². The molecule has 0 aliphatic heterocycles. The maximum Gasteiger partial charge on any atom is 0.306 e. The number of unbranched alkanes of at least 4 members (excludes halogenated alkanes) is 24. The molecule has 0 spiro atoms. The third-order valence-corrected chi connectivity index (χ3v) is 12.1. The van der Waals surface area contributed by atoms with E-state index in [-0.39, 0.29) is 37.5 Å². The second-order valence-electron chi connectivity index (χ2n) is 18.8. The van der Waals surface area contributed by atoms with Crippen molar-refractivity contribution in [2.45, 2.75) is 271 Å². The molecule has 0 radical (unpaired) electrons. The molecule has 0 amide bonds. The molecule has 0 aromatic heterocycles. The van der Waals surface area contributed by atoms with E-state index in [9.17, 15) is 14.4 Å². The molecule has 1 unspecified atom stereocenters. The lowest BCUT2D eigenvalue weighted by atomic mass is 10.1. The van der Waals surface area contributed by atoms with Gasteiger partial charge in [0.05, 0.1) is 0 Å². The minimum absolute atomic E-state index is 0.107. The third-order valence-electron chi connectivity index (χ3n) is 12.1. The molecule has 0 aromatic rings. The van der Waals surface area contributed by atoms with Crippen molar-refractivity contribution in [3.05, 3.63) is 97.2 Å². The Kier molecular flexibility index (Phi) is 53.9. The van der Waals surface area contributed by atoms with E-state index in [1.54, 1.807) is 0 Å². The molecular formula is C63H106O6. The summed E-state index contributed by atoms with van der Waals surface area (Å²) in [6.07, 6.45) is 75.5. The smallest absolute Gasteiger partial charge is 0.306 e. The molecule has 0 saturated carbocycles. The van der Waals surface area contributed by atoms with Crippen molar-refractivity contribution in [2.24, 2.45) is 0 Å². The Morgan fingerprint density at radius 2 is 0.594 bits per heavy atom. The van der Waals surface area contributed by atoms with Gasteiger partial charge in [0.15, 0.2) is 6.10 Å². The molecular weight excluding hydrogens is 853 g/mol. The zero-order valence-electron chi connectivity index (χ0n) is 45.0. The minimum atomic E-state index is -0.815. The van der Waals surface area contributed by atoms with Gasteiger partial charge in [-0.25, -0.2) is 0 Å². The number of ether oxygens (including phenoxy) is 3. The summed E-state index contributed by atoms with van der Waals surface area (Å²) < 4.78 is 16.8. The first kappa shape index (κ1) is 65.3. The van der Waals surface area contributed by atoms with Gasteiger partial charge in [0, 0.05) is 19.3 Å². The summed E-state index contributed by atoms with van der Waals surface area (Å²) in [5, 5.41) is 0. The molecule has 0 rings (SSSR count). The van der Waals surface area contributed by atoms with Crippen LogP contribution in [0.4, 0.5) is 0 Å². The summed E-state index contributed by atoms with van der Waals surface area (Å²) in [5.41, 5.74) is 0. The molecule has 394 valence electrons. The topological polar surface area (TPSA) is 78.9 Å². The molecule has 6 nitrogen and oxygen atoms in total. The molecule has 0 bridgehead atoms. The highest BCUT2D eigenvalue weighted by Gasteiger charge is 2.19. The molecule has 0 fully saturated rings. The van der Waals surface area contributed by atoms with Gasteiger partial charge in [-0.2, -0.15) is 0 Å². The Labute approximate surface area is 426 Å². The first-order valence-corrected chi connectivity index (χ1v) is 28.7. The van der Waals surface area contributed by atoms with Crippen molar-refractivity contribution in [1.82, 2.24) is 0 Å². The summed E-state index contributed by atoms with van der Waals surface area (Å²) >= 11 is 0. The molecule has 6 heteroatoms. The van der Waals surface area contributed by atoms with Crippen LogP contribution in [-0.4, -0.2) is 37.2 Å². The fourth-order valence-electron chi connectivity index (χ4n) is 7.75. The Morgan fingerprint density at radius 3 is 0.971 bits per heavy atom. The van der Waals surface area contributed by atoms with Crippen molar-refractivity contribution in [2.75, 3.05) is 13.2 Å². The van der Waals surface area contributed by atoms with Crippen LogP contribution < -0.4 is 0 Å². The van der Waals surface area contributed by atoms with Crippen LogP contribution in [0.15, 0.2) is 97.2 Å². The largest absolute Gasteiger partial charge is 0.462 e. The molecule has 1 atom stereocenters. The number of carbonyl (C=O) groups is 3. The van der Waals surface area contributed by atoms with E-state index in [0.29, 0.717) is 19.3 Å². The first-order valence-electron chi connectivity index (χ1n) is 28.7. The zero-order valence-corrected chi connectivity index (χ0v) is 45.0. The fraction of sp³-hybridized carbons (Fsp3) is 0.698. The maximum atomic E-state index is 12.9. The van der Waals surface area contributed by atoms with Crippen molar-refractivity contribution >= 4 is 17.9 Å². The number of hydrogen-bond donors (Lipinski definition) is 0. The lowest BCUT2D eigenvalue weighted by Crippen LogP contribution is -2.30. The summed E-state index contributed by atoms with van der Waals surface area (Å²) in [4.78, 5) is 38.1. The molecule has 0 heterocycles. The van der Waals surface area contributed by atoms with Crippen LogP contribution in [0.5, 0.6) is 0 Å². The second kappa shape index (κ2) is 56.9. The zero-order chi connectivity index (χ0) is 50.0. The van der Waals surface area contributed by atoms with Gasteiger partial charge in [-0.3, -0.25) is 14.4 Å². The number of esters is 3. The minimum Gasteiger partial charge on any atom is -0.462 e. The highest BCUT2D eigenvalue weighted by molar-refractivity contribution is 5.71. The van der Waals surface area contributed by atoms with Gasteiger partial charge in [-0.05, 0) is 109 Å². The van der Waals surface area contributed by atoms with E-state index in [1.807, 2.05) is 6.08 Å². The van der Waals surface area contributed by atoms with Crippen LogP contribution in [0.25, 0.3) is 0 Å². The summed E-state index contributed by atoms with van der Waals surface area (Å²) in [7, 11) is 0. The number of rotatable bonds is 51.